The molecule has 0 saturated heterocycles. The molecule has 4 heteroatoms. The quantitative estimate of drug-likeness (QED) is 0.826. The molecular weight excluding hydrogens is 264 g/mol. The minimum absolute atomic E-state index is 0.127. The Balaban J connectivity index is 3.06. The summed E-state index contributed by atoms with van der Waals surface area (Å²) in [5, 5.41) is 3.11. The van der Waals surface area contributed by atoms with Crippen molar-refractivity contribution in [3.05, 3.63) is 33.8 Å². The van der Waals surface area contributed by atoms with Crippen LogP contribution in [0.2, 0.25) is 0 Å². The van der Waals surface area contributed by atoms with E-state index in [1.54, 1.807) is 0 Å². The molecule has 84 valence electrons. The standard InChI is InChI=1S/C11H14BrF2N/c1-3-11(15-4-2)7-5-10(14)8(12)6-9(7)13/h5-6,11,15H,3-4H2,1-2H3. The summed E-state index contributed by atoms with van der Waals surface area (Å²) in [6.45, 7) is 4.61. The Morgan fingerprint density at radius 1 is 1.27 bits per heavy atom. The minimum atomic E-state index is -0.428. The third-order valence-electron chi connectivity index (χ3n) is 2.27. The Labute approximate surface area is 97.0 Å². The maximum absolute atomic E-state index is 13.6. The second kappa shape index (κ2) is 5.56. The van der Waals surface area contributed by atoms with Crippen molar-refractivity contribution in [2.24, 2.45) is 0 Å². The highest BCUT2D eigenvalue weighted by Crippen LogP contribution is 2.25. The average molecular weight is 278 g/mol. The predicted octanol–water partition coefficient (Wildman–Crippen LogP) is 3.79. The highest BCUT2D eigenvalue weighted by Gasteiger charge is 2.15. The van der Waals surface area contributed by atoms with E-state index in [1.165, 1.54) is 12.1 Å². The second-order valence-electron chi connectivity index (χ2n) is 3.31. The van der Waals surface area contributed by atoms with Crippen LogP contribution in [0.3, 0.4) is 0 Å². The summed E-state index contributed by atoms with van der Waals surface area (Å²) < 4.78 is 27.0. The topological polar surface area (TPSA) is 12.0 Å². The van der Waals surface area contributed by atoms with Gasteiger partial charge in [-0.15, -0.1) is 0 Å². The predicted molar refractivity (Wildman–Crippen MR) is 60.8 cm³/mol. The first kappa shape index (κ1) is 12.6. The van der Waals surface area contributed by atoms with E-state index in [0.717, 1.165) is 13.0 Å². The van der Waals surface area contributed by atoms with Gasteiger partial charge in [-0.1, -0.05) is 13.8 Å². The van der Waals surface area contributed by atoms with Crippen molar-refractivity contribution < 1.29 is 8.78 Å². The van der Waals surface area contributed by atoms with Gasteiger partial charge >= 0.3 is 0 Å². The molecule has 1 aromatic carbocycles. The van der Waals surface area contributed by atoms with Crippen molar-refractivity contribution in [2.45, 2.75) is 26.3 Å². The SMILES string of the molecule is CCNC(CC)c1cc(F)c(Br)cc1F. The van der Waals surface area contributed by atoms with E-state index in [4.69, 9.17) is 0 Å². The third-order valence-corrected chi connectivity index (χ3v) is 2.88. The van der Waals surface area contributed by atoms with Gasteiger partial charge in [0.25, 0.3) is 0 Å². The van der Waals surface area contributed by atoms with Gasteiger partial charge in [-0.05, 0) is 41.0 Å². The fourth-order valence-corrected chi connectivity index (χ4v) is 1.84. The van der Waals surface area contributed by atoms with Gasteiger partial charge in [0.05, 0.1) is 4.47 Å². The molecule has 0 aliphatic heterocycles. The summed E-state index contributed by atoms with van der Waals surface area (Å²) in [6.07, 6.45) is 0.728. The van der Waals surface area contributed by atoms with E-state index in [2.05, 4.69) is 21.2 Å². The lowest BCUT2D eigenvalue weighted by molar-refractivity contribution is 0.493. The fourth-order valence-electron chi connectivity index (χ4n) is 1.53. The zero-order valence-electron chi connectivity index (χ0n) is 8.78. The van der Waals surface area contributed by atoms with Crippen LogP contribution in [-0.4, -0.2) is 6.54 Å². The Hall–Kier alpha value is -0.480. The molecule has 0 aromatic heterocycles. The van der Waals surface area contributed by atoms with Gasteiger partial charge in [-0.2, -0.15) is 0 Å². The number of nitrogens with one attached hydrogen (secondary N) is 1. The molecule has 1 N–H and O–H groups in total. The lowest BCUT2D eigenvalue weighted by Crippen LogP contribution is -2.21. The van der Waals surface area contributed by atoms with E-state index >= 15 is 0 Å². The highest BCUT2D eigenvalue weighted by atomic mass is 79.9. The molecule has 0 bridgehead atoms. The van der Waals surface area contributed by atoms with Crippen molar-refractivity contribution >= 4 is 15.9 Å². The Morgan fingerprint density at radius 2 is 1.93 bits per heavy atom. The van der Waals surface area contributed by atoms with Gasteiger partial charge < -0.3 is 5.32 Å². The van der Waals surface area contributed by atoms with Gasteiger partial charge in [-0.3, -0.25) is 0 Å². The van der Waals surface area contributed by atoms with E-state index in [-0.39, 0.29) is 16.3 Å². The molecule has 0 aliphatic rings. The minimum Gasteiger partial charge on any atom is -0.310 e. The highest BCUT2D eigenvalue weighted by molar-refractivity contribution is 9.10. The number of hydrogen-bond acceptors (Lipinski definition) is 1. The Bertz CT molecular complexity index is 342. The number of benzene rings is 1. The molecule has 0 aliphatic carbocycles. The van der Waals surface area contributed by atoms with Crippen LogP contribution in [0.1, 0.15) is 31.9 Å². The van der Waals surface area contributed by atoms with Gasteiger partial charge in [0.2, 0.25) is 0 Å². The monoisotopic (exact) mass is 277 g/mol. The second-order valence-corrected chi connectivity index (χ2v) is 4.16. The molecule has 0 saturated carbocycles. The van der Waals surface area contributed by atoms with Crippen molar-refractivity contribution in [3.63, 3.8) is 0 Å². The lowest BCUT2D eigenvalue weighted by atomic mass is 10.0. The molecule has 1 aromatic rings. The maximum Gasteiger partial charge on any atom is 0.137 e. The van der Waals surface area contributed by atoms with E-state index in [1.807, 2.05) is 13.8 Å². The molecule has 1 rings (SSSR count). The normalized spacial score (nSPS) is 12.9. The summed E-state index contributed by atoms with van der Waals surface area (Å²) in [5.41, 5.74) is 0.389. The first-order chi connectivity index (χ1) is 7.10. The van der Waals surface area contributed by atoms with Crippen LogP contribution in [-0.2, 0) is 0 Å². The lowest BCUT2D eigenvalue weighted by Gasteiger charge is -2.17. The first-order valence-corrected chi connectivity index (χ1v) is 5.77. The van der Waals surface area contributed by atoms with Gasteiger partial charge in [-0.25, -0.2) is 8.78 Å². The van der Waals surface area contributed by atoms with Crippen LogP contribution < -0.4 is 5.32 Å². The summed E-state index contributed by atoms with van der Waals surface area (Å²) in [4.78, 5) is 0. The Kier molecular flexibility index (Phi) is 4.67. The van der Waals surface area contributed by atoms with Crippen LogP contribution in [0.5, 0.6) is 0 Å². The van der Waals surface area contributed by atoms with Crippen molar-refractivity contribution in [1.29, 1.82) is 0 Å². The molecule has 0 spiro atoms. The van der Waals surface area contributed by atoms with Crippen LogP contribution >= 0.6 is 15.9 Å². The van der Waals surface area contributed by atoms with Crippen molar-refractivity contribution in [2.75, 3.05) is 6.54 Å². The number of halogens is 3. The van der Waals surface area contributed by atoms with Crippen LogP contribution in [0, 0.1) is 11.6 Å². The summed E-state index contributed by atoms with van der Waals surface area (Å²) in [6, 6.07) is 2.29. The van der Waals surface area contributed by atoms with Crippen LogP contribution in [0.4, 0.5) is 8.78 Å². The molecule has 0 amide bonds. The molecule has 1 unspecified atom stereocenters. The summed E-state index contributed by atoms with van der Waals surface area (Å²) >= 11 is 2.95. The summed E-state index contributed by atoms with van der Waals surface area (Å²) in [5.74, 6) is -0.807. The number of rotatable bonds is 4. The van der Waals surface area contributed by atoms with E-state index < -0.39 is 5.82 Å². The molecule has 0 heterocycles. The zero-order valence-corrected chi connectivity index (χ0v) is 10.4. The summed E-state index contributed by atoms with van der Waals surface area (Å²) in [7, 11) is 0. The fraction of sp³-hybridized carbons (Fsp3) is 0.455. The third kappa shape index (κ3) is 2.98. The van der Waals surface area contributed by atoms with Gasteiger partial charge in [0.15, 0.2) is 0 Å². The first-order valence-electron chi connectivity index (χ1n) is 4.98. The maximum atomic E-state index is 13.6. The van der Waals surface area contributed by atoms with Crippen LogP contribution in [0.15, 0.2) is 16.6 Å². The van der Waals surface area contributed by atoms with Crippen molar-refractivity contribution in [3.8, 4) is 0 Å². The van der Waals surface area contributed by atoms with Crippen LogP contribution in [0.25, 0.3) is 0 Å². The van der Waals surface area contributed by atoms with Crippen molar-refractivity contribution in [1.82, 2.24) is 5.32 Å². The molecule has 1 atom stereocenters. The molecule has 15 heavy (non-hydrogen) atoms. The molecule has 0 fully saturated rings. The molecule has 1 nitrogen and oxygen atoms in total. The average Bonchev–Trinajstić information content (AvgIpc) is 2.20. The van der Waals surface area contributed by atoms with Gasteiger partial charge in [0, 0.05) is 11.6 Å². The van der Waals surface area contributed by atoms with E-state index in [9.17, 15) is 8.78 Å². The molecule has 0 radical (unpaired) electrons. The zero-order chi connectivity index (χ0) is 11.4. The van der Waals surface area contributed by atoms with E-state index in [0.29, 0.717) is 5.56 Å². The smallest absolute Gasteiger partial charge is 0.137 e. The van der Waals surface area contributed by atoms with Gasteiger partial charge in [0.1, 0.15) is 11.6 Å². The molecular formula is C11H14BrF2N. The largest absolute Gasteiger partial charge is 0.310 e. The Morgan fingerprint density at radius 3 is 2.47 bits per heavy atom. The number of hydrogen-bond donors (Lipinski definition) is 1.